The van der Waals surface area contributed by atoms with Crippen LogP contribution in [0.4, 0.5) is 4.79 Å². The minimum Gasteiger partial charge on any atom is -0.449 e. The van der Waals surface area contributed by atoms with Crippen LogP contribution in [0.3, 0.4) is 0 Å². The molecule has 2 rings (SSSR count). The van der Waals surface area contributed by atoms with Gasteiger partial charge in [0.1, 0.15) is 0 Å². The Morgan fingerprint density at radius 1 is 1.35 bits per heavy atom. The predicted molar refractivity (Wildman–Crippen MR) is 63.5 cm³/mol. The molecule has 0 aromatic carbocycles. The Bertz CT molecular complexity index is 315. The van der Waals surface area contributed by atoms with Crippen LogP contribution in [0.2, 0.25) is 5.82 Å². The zero-order valence-corrected chi connectivity index (χ0v) is 10.9. The molecule has 1 aliphatic heterocycles. The van der Waals surface area contributed by atoms with E-state index in [9.17, 15) is 4.79 Å². The van der Waals surface area contributed by atoms with Crippen LogP contribution in [-0.2, 0) is 14.0 Å². The molecule has 0 spiro atoms. The summed E-state index contributed by atoms with van der Waals surface area (Å²) in [5.41, 5.74) is 4.34. The summed E-state index contributed by atoms with van der Waals surface area (Å²) in [5.74, 6) is 0.632. The average molecular weight is 241 g/mol. The van der Waals surface area contributed by atoms with Gasteiger partial charge in [-0.1, -0.05) is 0 Å². The molecule has 1 aliphatic carbocycles. The van der Waals surface area contributed by atoms with E-state index in [1.807, 2.05) is 27.7 Å². The van der Waals surface area contributed by atoms with Crippen molar-refractivity contribution in [2.24, 2.45) is 11.7 Å². The van der Waals surface area contributed by atoms with Crippen LogP contribution in [-0.4, -0.2) is 31.0 Å². The first-order valence-electron chi connectivity index (χ1n) is 6.01. The number of ether oxygens (including phenoxy) is 1. The molecule has 1 amide bonds. The highest BCUT2D eigenvalue weighted by Crippen LogP contribution is 2.53. The molecule has 1 saturated heterocycles. The second-order valence-corrected chi connectivity index (χ2v) is 5.91. The second kappa shape index (κ2) is 3.88. The van der Waals surface area contributed by atoms with E-state index in [1.165, 1.54) is 0 Å². The van der Waals surface area contributed by atoms with E-state index < -0.39 is 6.09 Å². The fraction of sp³-hybridized carbons (Fsp3) is 0.909. The topological polar surface area (TPSA) is 70.8 Å². The van der Waals surface area contributed by atoms with Gasteiger partial charge in [0, 0.05) is 5.82 Å². The molecule has 0 bridgehead atoms. The van der Waals surface area contributed by atoms with E-state index in [4.69, 9.17) is 19.8 Å². The number of carbonyl (C=O) groups is 1. The molecule has 2 fully saturated rings. The van der Waals surface area contributed by atoms with Crippen LogP contribution >= 0.6 is 0 Å². The van der Waals surface area contributed by atoms with Gasteiger partial charge in [-0.15, -0.1) is 0 Å². The fourth-order valence-electron chi connectivity index (χ4n) is 2.05. The van der Waals surface area contributed by atoms with Crippen molar-refractivity contribution in [3.05, 3.63) is 0 Å². The fourth-order valence-corrected chi connectivity index (χ4v) is 2.05. The molecule has 0 radical (unpaired) electrons. The van der Waals surface area contributed by atoms with Gasteiger partial charge in [-0.2, -0.15) is 0 Å². The number of hydrogen-bond donors (Lipinski definition) is 1. The van der Waals surface area contributed by atoms with Gasteiger partial charge in [0.25, 0.3) is 0 Å². The third-order valence-corrected chi connectivity index (χ3v) is 4.04. The first-order valence-corrected chi connectivity index (χ1v) is 6.01. The molecular formula is C11H20BNO4. The van der Waals surface area contributed by atoms with E-state index in [0.717, 1.165) is 6.42 Å². The highest BCUT2D eigenvalue weighted by atomic mass is 16.7. The number of primary amides is 1. The third kappa shape index (κ3) is 2.42. The largest absolute Gasteiger partial charge is 0.461 e. The molecule has 2 unspecified atom stereocenters. The Labute approximate surface area is 102 Å². The lowest BCUT2D eigenvalue weighted by molar-refractivity contribution is 0.00578. The third-order valence-electron chi connectivity index (χ3n) is 4.04. The average Bonchev–Trinajstić information content (AvgIpc) is 2.87. The van der Waals surface area contributed by atoms with Crippen LogP contribution in [0.25, 0.3) is 0 Å². The highest BCUT2D eigenvalue weighted by molar-refractivity contribution is 6.48. The quantitative estimate of drug-likeness (QED) is 0.761. The van der Waals surface area contributed by atoms with E-state index in [0.29, 0.717) is 18.3 Å². The second-order valence-electron chi connectivity index (χ2n) is 5.91. The molecule has 1 saturated carbocycles. The summed E-state index contributed by atoms with van der Waals surface area (Å²) in [6.07, 6.45) is 0.244. The van der Waals surface area contributed by atoms with Gasteiger partial charge in [-0.05, 0) is 40.0 Å². The normalized spacial score (nSPS) is 33.5. The van der Waals surface area contributed by atoms with Crippen LogP contribution < -0.4 is 5.73 Å². The number of nitrogens with two attached hydrogens (primary N) is 1. The van der Waals surface area contributed by atoms with Crippen LogP contribution in [0, 0.1) is 5.92 Å². The van der Waals surface area contributed by atoms with Crippen LogP contribution in [0.15, 0.2) is 0 Å². The number of rotatable bonds is 3. The summed E-state index contributed by atoms with van der Waals surface area (Å²) in [7, 11) is -0.193. The van der Waals surface area contributed by atoms with E-state index in [2.05, 4.69) is 0 Å². The van der Waals surface area contributed by atoms with Crippen molar-refractivity contribution in [1.29, 1.82) is 0 Å². The van der Waals surface area contributed by atoms with Gasteiger partial charge in [-0.3, -0.25) is 0 Å². The zero-order valence-electron chi connectivity index (χ0n) is 10.9. The lowest BCUT2D eigenvalue weighted by atomic mass is 9.81. The Kier molecular flexibility index (Phi) is 2.90. The smallest absolute Gasteiger partial charge is 0.449 e. The molecule has 5 nitrogen and oxygen atoms in total. The Morgan fingerprint density at radius 2 is 1.88 bits per heavy atom. The molecule has 96 valence electrons. The summed E-state index contributed by atoms with van der Waals surface area (Å²) in [5, 5.41) is 0. The molecule has 6 heteroatoms. The monoisotopic (exact) mass is 241 g/mol. The Balaban J connectivity index is 1.85. The maximum atomic E-state index is 10.5. The van der Waals surface area contributed by atoms with Crippen molar-refractivity contribution in [1.82, 2.24) is 0 Å². The summed E-state index contributed by atoms with van der Waals surface area (Å²) >= 11 is 0. The first kappa shape index (κ1) is 12.7. The van der Waals surface area contributed by atoms with Gasteiger partial charge in [0.2, 0.25) is 0 Å². The Hall–Kier alpha value is -0.745. The lowest BCUT2D eigenvalue weighted by Crippen LogP contribution is -2.41. The van der Waals surface area contributed by atoms with Crippen LogP contribution in [0.1, 0.15) is 34.1 Å². The van der Waals surface area contributed by atoms with Crippen molar-refractivity contribution >= 4 is 13.2 Å². The summed E-state index contributed by atoms with van der Waals surface area (Å²) < 4.78 is 16.6. The van der Waals surface area contributed by atoms with Gasteiger partial charge in [0.15, 0.2) is 0 Å². The standard InChI is InChI=1S/C11H20BNO4/c1-10(2)11(3,4)17-12(16-10)8-5-7(8)6-15-9(13)14/h7-8H,5-6H2,1-4H3,(H2,13,14). The van der Waals surface area contributed by atoms with Gasteiger partial charge in [-0.25, -0.2) is 4.79 Å². The van der Waals surface area contributed by atoms with Gasteiger partial charge < -0.3 is 19.8 Å². The first-order chi connectivity index (χ1) is 7.73. The van der Waals surface area contributed by atoms with Crippen molar-refractivity contribution in [3.8, 4) is 0 Å². The minimum absolute atomic E-state index is 0.193. The van der Waals surface area contributed by atoms with Crippen LogP contribution in [0.5, 0.6) is 0 Å². The van der Waals surface area contributed by atoms with Gasteiger partial charge >= 0.3 is 13.2 Å². The molecule has 0 aromatic rings. The highest BCUT2D eigenvalue weighted by Gasteiger charge is 2.59. The lowest BCUT2D eigenvalue weighted by Gasteiger charge is -2.32. The summed E-state index contributed by atoms with van der Waals surface area (Å²) in [6, 6.07) is 0. The molecule has 17 heavy (non-hydrogen) atoms. The van der Waals surface area contributed by atoms with Gasteiger partial charge in [0.05, 0.1) is 17.8 Å². The summed E-state index contributed by atoms with van der Waals surface area (Å²) in [6.45, 7) is 8.49. The summed E-state index contributed by atoms with van der Waals surface area (Å²) in [4.78, 5) is 10.5. The number of hydrogen-bond acceptors (Lipinski definition) is 4. The maximum Gasteiger partial charge on any atom is 0.461 e. The predicted octanol–water partition coefficient (Wildman–Crippen LogP) is 1.56. The molecule has 2 atom stereocenters. The van der Waals surface area contributed by atoms with E-state index in [-0.39, 0.29) is 18.3 Å². The molecule has 0 aromatic heterocycles. The number of carbonyl (C=O) groups excluding carboxylic acids is 1. The zero-order chi connectivity index (χ0) is 12.8. The van der Waals surface area contributed by atoms with Crippen molar-refractivity contribution < 1.29 is 18.8 Å². The minimum atomic E-state index is -0.718. The molecule has 2 aliphatic rings. The molecular weight excluding hydrogens is 221 g/mol. The SMILES string of the molecule is CC1(C)OB(C2CC2COC(N)=O)OC1(C)C. The van der Waals surface area contributed by atoms with E-state index >= 15 is 0 Å². The molecule has 2 N–H and O–H groups in total. The molecule has 1 heterocycles. The Morgan fingerprint density at radius 3 is 2.35 bits per heavy atom. The number of amides is 1. The maximum absolute atomic E-state index is 10.5. The van der Waals surface area contributed by atoms with Crippen molar-refractivity contribution in [3.63, 3.8) is 0 Å². The van der Waals surface area contributed by atoms with Crippen molar-refractivity contribution in [2.75, 3.05) is 6.61 Å². The van der Waals surface area contributed by atoms with Crippen molar-refractivity contribution in [2.45, 2.75) is 51.1 Å². The van der Waals surface area contributed by atoms with E-state index in [1.54, 1.807) is 0 Å².